The number of hydrazine groups is 1. The predicted octanol–water partition coefficient (Wildman–Crippen LogP) is 0.578. The predicted molar refractivity (Wildman–Crippen MR) is 70.4 cm³/mol. The van der Waals surface area contributed by atoms with Crippen LogP contribution in [0.5, 0.6) is 0 Å². The number of nitrogens with one attached hydrogen (secondary N) is 2. The molecule has 1 fully saturated rings. The van der Waals surface area contributed by atoms with Crippen molar-refractivity contribution >= 4 is 17.8 Å². The van der Waals surface area contributed by atoms with Gasteiger partial charge in [-0.2, -0.15) is 0 Å². The van der Waals surface area contributed by atoms with E-state index >= 15 is 0 Å². The summed E-state index contributed by atoms with van der Waals surface area (Å²) < 4.78 is 0. The Balaban J connectivity index is 1.77. The van der Waals surface area contributed by atoms with Crippen molar-refractivity contribution in [1.29, 1.82) is 0 Å². The summed E-state index contributed by atoms with van der Waals surface area (Å²) in [5.74, 6) is -2.14. The molecule has 1 aliphatic rings. The first-order valence-corrected chi connectivity index (χ1v) is 6.13. The third-order valence-corrected chi connectivity index (χ3v) is 3.04. The SMILES string of the molecule is O=C(O)C=CC(=O)NNC(=O)[C@@H]1C[C@H]1c1ccccc1. The van der Waals surface area contributed by atoms with Gasteiger partial charge in [0.05, 0.1) is 0 Å². The number of carbonyl (C=O) groups is 3. The van der Waals surface area contributed by atoms with E-state index < -0.39 is 11.9 Å². The second-order valence-electron chi connectivity index (χ2n) is 4.51. The van der Waals surface area contributed by atoms with Crippen LogP contribution in [0.4, 0.5) is 0 Å². The van der Waals surface area contributed by atoms with E-state index in [1.165, 1.54) is 0 Å². The molecule has 0 heterocycles. The Hall–Kier alpha value is -2.63. The molecule has 0 saturated heterocycles. The minimum atomic E-state index is -1.22. The molecule has 2 atom stereocenters. The number of rotatable bonds is 4. The van der Waals surface area contributed by atoms with Crippen LogP contribution in [-0.4, -0.2) is 22.9 Å². The quantitative estimate of drug-likeness (QED) is 0.553. The van der Waals surface area contributed by atoms with E-state index in [0.29, 0.717) is 6.08 Å². The van der Waals surface area contributed by atoms with Gasteiger partial charge in [0.1, 0.15) is 0 Å². The molecule has 2 amide bonds. The molecule has 3 N–H and O–H groups in total. The molecule has 0 aromatic heterocycles. The van der Waals surface area contributed by atoms with Crippen molar-refractivity contribution in [2.45, 2.75) is 12.3 Å². The number of amides is 2. The van der Waals surface area contributed by atoms with E-state index in [-0.39, 0.29) is 17.7 Å². The molecule has 104 valence electrons. The van der Waals surface area contributed by atoms with E-state index in [2.05, 4.69) is 10.9 Å². The first-order chi connectivity index (χ1) is 9.58. The molecule has 6 nitrogen and oxygen atoms in total. The van der Waals surface area contributed by atoms with Crippen molar-refractivity contribution in [2.75, 3.05) is 0 Å². The highest BCUT2D eigenvalue weighted by Gasteiger charge is 2.43. The van der Waals surface area contributed by atoms with E-state index in [0.717, 1.165) is 18.1 Å². The summed E-state index contributed by atoms with van der Waals surface area (Å²) in [4.78, 5) is 33.1. The molecule has 20 heavy (non-hydrogen) atoms. The Bertz CT molecular complexity index is 554. The Labute approximate surface area is 115 Å². The molecular formula is C14H14N2O4. The molecule has 1 saturated carbocycles. The summed E-state index contributed by atoms with van der Waals surface area (Å²) in [6.07, 6.45) is 2.28. The smallest absolute Gasteiger partial charge is 0.328 e. The number of hydrogen-bond acceptors (Lipinski definition) is 3. The first kappa shape index (κ1) is 13.8. The van der Waals surface area contributed by atoms with Gasteiger partial charge in [0, 0.05) is 18.1 Å². The molecule has 0 aliphatic heterocycles. The van der Waals surface area contributed by atoms with Gasteiger partial charge in [-0.05, 0) is 17.9 Å². The van der Waals surface area contributed by atoms with Gasteiger partial charge in [0.25, 0.3) is 5.91 Å². The van der Waals surface area contributed by atoms with Crippen LogP contribution in [0, 0.1) is 5.92 Å². The highest BCUT2D eigenvalue weighted by Crippen LogP contribution is 2.47. The Morgan fingerprint density at radius 3 is 2.45 bits per heavy atom. The van der Waals surface area contributed by atoms with Crippen LogP contribution < -0.4 is 10.9 Å². The third-order valence-electron chi connectivity index (χ3n) is 3.04. The van der Waals surface area contributed by atoms with Crippen LogP contribution in [0.25, 0.3) is 0 Å². The van der Waals surface area contributed by atoms with Crippen LogP contribution in [0.1, 0.15) is 17.9 Å². The normalized spacial score (nSPS) is 20.4. The van der Waals surface area contributed by atoms with E-state index in [1.54, 1.807) is 0 Å². The Morgan fingerprint density at radius 1 is 1.10 bits per heavy atom. The lowest BCUT2D eigenvalue weighted by Crippen LogP contribution is -2.41. The molecular weight excluding hydrogens is 260 g/mol. The van der Waals surface area contributed by atoms with Crippen molar-refractivity contribution in [1.82, 2.24) is 10.9 Å². The monoisotopic (exact) mass is 274 g/mol. The molecule has 0 unspecified atom stereocenters. The first-order valence-electron chi connectivity index (χ1n) is 6.13. The molecule has 1 aromatic rings. The van der Waals surface area contributed by atoms with Crippen molar-refractivity contribution in [3.63, 3.8) is 0 Å². The molecule has 2 rings (SSSR count). The van der Waals surface area contributed by atoms with Gasteiger partial charge >= 0.3 is 5.97 Å². The van der Waals surface area contributed by atoms with Crippen LogP contribution in [0.2, 0.25) is 0 Å². The fraction of sp³-hybridized carbons (Fsp3) is 0.214. The molecule has 0 bridgehead atoms. The van der Waals surface area contributed by atoms with Gasteiger partial charge in [-0.3, -0.25) is 20.4 Å². The molecule has 6 heteroatoms. The summed E-state index contributed by atoms with van der Waals surface area (Å²) in [6.45, 7) is 0. The standard InChI is InChI=1S/C14H14N2O4/c17-12(6-7-13(18)19)15-16-14(20)11-8-10(11)9-4-2-1-3-5-9/h1-7,10-11H,8H2,(H,15,17)(H,16,20)(H,18,19)/t10-,11+/m0/s1. The van der Waals surface area contributed by atoms with Crippen molar-refractivity contribution < 1.29 is 19.5 Å². The van der Waals surface area contributed by atoms with Gasteiger partial charge in [0.2, 0.25) is 5.91 Å². The number of aliphatic carboxylic acids is 1. The minimum Gasteiger partial charge on any atom is -0.478 e. The summed E-state index contributed by atoms with van der Waals surface area (Å²) in [7, 11) is 0. The Morgan fingerprint density at radius 2 is 1.80 bits per heavy atom. The Kier molecular flexibility index (Phi) is 4.14. The van der Waals surface area contributed by atoms with Gasteiger partial charge in [-0.1, -0.05) is 30.3 Å². The second kappa shape index (κ2) is 6.01. The molecule has 1 aliphatic carbocycles. The summed E-state index contributed by atoms with van der Waals surface area (Å²) in [6, 6.07) is 9.68. The van der Waals surface area contributed by atoms with Crippen LogP contribution in [0.15, 0.2) is 42.5 Å². The maximum absolute atomic E-state index is 11.8. The third kappa shape index (κ3) is 3.68. The van der Waals surface area contributed by atoms with E-state index in [1.807, 2.05) is 30.3 Å². The maximum Gasteiger partial charge on any atom is 0.328 e. The average Bonchev–Trinajstić information content (AvgIpc) is 3.24. The minimum absolute atomic E-state index is 0.152. The highest BCUT2D eigenvalue weighted by atomic mass is 16.4. The zero-order chi connectivity index (χ0) is 14.5. The zero-order valence-corrected chi connectivity index (χ0v) is 10.6. The van der Waals surface area contributed by atoms with Gasteiger partial charge < -0.3 is 5.11 Å². The van der Waals surface area contributed by atoms with Crippen molar-refractivity contribution in [3.05, 3.63) is 48.0 Å². The van der Waals surface area contributed by atoms with Crippen LogP contribution in [-0.2, 0) is 14.4 Å². The summed E-state index contributed by atoms with van der Waals surface area (Å²) in [5, 5.41) is 8.34. The molecule has 0 spiro atoms. The van der Waals surface area contributed by atoms with Crippen molar-refractivity contribution in [2.24, 2.45) is 5.92 Å². The number of hydrogen-bond donors (Lipinski definition) is 3. The topological polar surface area (TPSA) is 95.5 Å². The van der Waals surface area contributed by atoms with E-state index in [9.17, 15) is 14.4 Å². The molecule has 1 aromatic carbocycles. The van der Waals surface area contributed by atoms with Crippen molar-refractivity contribution in [3.8, 4) is 0 Å². The number of carboxylic acid groups (broad SMARTS) is 1. The van der Waals surface area contributed by atoms with Gasteiger partial charge in [0.15, 0.2) is 0 Å². The maximum atomic E-state index is 11.8. The second-order valence-corrected chi connectivity index (χ2v) is 4.51. The van der Waals surface area contributed by atoms with Gasteiger partial charge in [-0.15, -0.1) is 0 Å². The fourth-order valence-electron chi connectivity index (χ4n) is 1.96. The average molecular weight is 274 g/mol. The number of benzene rings is 1. The number of carboxylic acids is 1. The summed E-state index contributed by atoms with van der Waals surface area (Å²) in [5.41, 5.74) is 5.53. The lowest BCUT2D eigenvalue weighted by Gasteiger charge is -2.04. The van der Waals surface area contributed by atoms with Crippen LogP contribution in [0.3, 0.4) is 0 Å². The zero-order valence-electron chi connectivity index (χ0n) is 10.6. The fourth-order valence-corrected chi connectivity index (χ4v) is 1.96. The number of carbonyl (C=O) groups excluding carboxylic acids is 2. The lowest BCUT2D eigenvalue weighted by atomic mass is 10.1. The van der Waals surface area contributed by atoms with E-state index in [4.69, 9.17) is 5.11 Å². The highest BCUT2D eigenvalue weighted by molar-refractivity contribution is 5.95. The van der Waals surface area contributed by atoms with Gasteiger partial charge in [-0.25, -0.2) is 4.79 Å². The lowest BCUT2D eigenvalue weighted by molar-refractivity contribution is -0.131. The molecule has 0 radical (unpaired) electrons. The van der Waals surface area contributed by atoms with Crippen LogP contribution >= 0.6 is 0 Å². The largest absolute Gasteiger partial charge is 0.478 e. The summed E-state index contributed by atoms with van der Waals surface area (Å²) >= 11 is 0.